The number of rotatable bonds is 8. The van der Waals surface area contributed by atoms with Crippen molar-refractivity contribution in [2.45, 2.75) is 0 Å². The van der Waals surface area contributed by atoms with E-state index in [4.69, 9.17) is 24.7 Å². The van der Waals surface area contributed by atoms with E-state index < -0.39 is 0 Å². The lowest BCUT2D eigenvalue weighted by molar-refractivity contribution is 0.104. The molecule has 0 aliphatic heterocycles. The fourth-order valence-corrected chi connectivity index (χ4v) is 3.53. The van der Waals surface area contributed by atoms with Gasteiger partial charge in [0.2, 0.25) is 5.78 Å². The summed E-state index contributed by atoms with van der Waals surface area (Å²) in [5.41, 5.74) is 7.12. The molecule has 1 aromatic heterocycles. The van der Waals surface area contributed by atoms with E-state index in [0.29, 0.717) is 44.3 Å². The van der Waals surface area contributed by atoms with Crippen molar-refractivity contribution >= 4 is 33.8 Å². The van der Waals surface area contributed by atoms with Crippen LogP contribution in [0.3, 0.4) is 0 Å². The van der Waals surface area contributed by atoms with Gasteiger partial charge in [-0.3, -0.25) is 4.79 Å². The lowest BCUT2D eigenvalue weighted by Crippen LogP contribution is -2.03. The molecule has 9 heteroatoms. The van der Waals surface area contributed by atoms with Crippen LogP contribution in [0.1, 0.15) is 15.2 Å². The topological polar surface area (TPSA) is 105 Å². The molecule has 3 aromatic rings. The summed E-state index contributed by atoms with van der Waals surface area (Å²) >= 11 is 1.16. The van der Waals surface area contributed by atoms with Gasteiger partial charge in [0, 0.05) is 29.4 Å². The number of hydrogen-bond acceptors (Lipinski definition) is 9. The van der Waals surface area contributed by atoms with Gasteiger partial charge >= 0.3 is 0 Å². The van der Waals surface area contributed by atoms with E-state index in [0.717, 1.165) is 11.3 Å². The summed E-state index contributed by atoms with van der Waals surface area (Å²) in [6, 6.07) is 10.3. The molecule has 0 amide bonds. The minimum Gasteiger partial charge on any atom is -0.497 e. The summed E-state index contributed by atoms with van der Waals surface area (Å²) in [5.74, 6) is 2.14. The fraction of sp³-hybridized carbons (Fsp3) is 0.200. The van der Waals surface area contributed by atoms with Crippen molar-refractivity contribution in [2.24, 2.45) is 0 Å². The number of ketones is 1. The van der Waals surface area contributed by atoms with Crippen LogP contribution in [-0.2, 0) is 0 Å². The third kappa shape index (κ3) is 4.35. The summed E-state index contributed by atoms with van der Waals surface area (Å²) in [5, 5.41) is 3.61. The summed E-state index contributed by atoms with van der Waals surface area (Å²) in [7, 11) is 6.18. The Morgan fingerprint density at radius 2 is 1.59 bits per heavy atom. The molecule has 0 saturated heterocycles. The first-order valence-electron chi connectivity index (χ1n) is 8.52. The Morgan fingerprint density at radius 1 is 0.931 bits per heavy atom. The maximum atomic E-state index is 12.9. The van der Waals surface area contributed by atoms with Crippen LogP contribution in [0.15, 0.2) is 36.4 Å². The summed E-state index contributed by atoms with van der Waals surface area (Å²) in [4.78, 5) is 17.5. The Bertz CT molecular complexity index is 1010. The fourth-order valence-electron chi connectivity index (χ4n) is 2.66. The lowest BCUT2D eigenvalue weighted by atomic mass is 10.1. The van der Waals surface area contributed by atoms with Crippen LogP contribution < -0.4 is 30.0 Å². The number of thiazole rings is 1. The van der Waals surface area contributed by atoms with Crippen LogP contribution >= 0.6 is 11.3 Å². The monoisotopic (exact) mass is 415 g/mol. The predicted octanol–water partition coefficient (Wildman–Crippen LogP) is 3.73. The largest absolute Gasteiger partial charge is 0.497 e. The predicted molar refractivity (Wildman–Crippen MR) is 112 cm³/mol. The maximum absolute atomic E-state index is 12.9. The van der Waals surface area contributed by atoms with Crippen LogP contribution in [0.5, 0.6) is 23.0 Å². The number of aromatic nitrogens is 1. The van der Waals surface area contributed by atoms with Crippen LogP contribution in [0, 0.1) is 0 Å². The molecule has 0 unspecified atom stereocenters. The van der Waals surface area contributed by atoms with Crippen molar-refractivity contribution in [2.75, 3.05) is 39.5 Å². The molecule has 0 radical (unpaired) electrons. The number of nitrogens with one attached hydrogen (secondary N) is 1. The third-order valence-corrected chi connectivity index (χ3v) is 5.09. The van der Waals surface area contributed by atoms with E-state index in [1.807, 2.05) is 0 Å². The van der Waals surface area contributed by atoms with Gasteiger partial charge in [0.25, 0.3) is 0 Å². The zero-order valence-corrected chi connectivity index (χ0v) is 17.3. The molecule has 0 aliphatic rings. The van der Waals surface area contributed by atoms with Gasteiger partial charge < -0.3 is 30.0 Å². The second-order valence-corrected chi connectivity index (χ2v) is 6.86. The smallest absolute Gasteiger partial charge is 0.206 e. The number of carbonyl (C=O) groups is 1. The van der Waals surface area contributed by atoms with Crippen molar-refractivity contribution in [3.8, 4) is 23.0 Å². The molecule has 152 valence electrons. The Morgan fingerprint density at radius 3 is 2.17 bits per heavy atom. The standard InChI is InChI=1S/C20H21N3O5S/c1-25-13-8-12(9-14(10-13)26-2)22-20-23-19(21)18(29-20)17(24)11-5-6-15(27-3)16(7-11)28-4/h5-10H,21H2,1-4H3,(H,22,23). The van der Waals surface area contributed by atoms with Crippen LogP contribution in [0.4, 0.5) is 16.6 Å². The van der Waals surface area contributed by atoms with Gasteiger partial charge in [-0.15, -0.1) is 0 Å². The second-order valence-electron chi connectivity index (χ2n) is 5.86. The van der Waals surface area contributed by atoms with E-state index in [1.165, 1.54) is 14.2 Å². The van der Waals surface area contributed by atoms with Crippen molar-refractivity contribution < 1.29 is 23.7 Å². The van der Waals surface area contributed by atoms with Gasteiger partial charge in [0.1, 0.15) is 22.2 Å². The molecular formula is C20H21N3O5S. The molecule has 8 nitrogen and oxygen atoms in total. The Kier molecular flexibility index (Phi) is 6.08. The van der Waals surface area contributed by atoms with Crippen LogP contribution in [-0.4, -0.2) is 39.2 Å². The molecule has 0 aliphatic carbocycles. The molecule has 0 saturated carbocycles. The van der Waals surface area contributed by atoms with Crippen molar-refractivity contribution in [3.05, 3.63) is 46.8 Å². The van der Waals surface area contributed by atoms with E-state index >= 15 is 0 Å². The summed E-state index contributed by atoms with van der Waals surface area (Å²) < 4.78 is 21.0. The molecule has 2 aromatic carbocycles. The normalized spacial score (nSPS) is 10.3. The van der Waals surface area contributed by atoms with Crippen molar-refractivity contribution in [1.82, 2.24) is 4.98 Å². The highest BCUT2D eigenvalue weighted by Gasteiger charge is 2.20. The van der Waals surface area contributed by atoms with Gasteiger partial charge in [-0.1, -0.05) is 11.3 Å². The second kappa shape index (κ2) is 8.70. The van der Waals surface area contributed by atoms with Crippen LogP contribution in [0.2, 0.25) is 0 Å². The minimum absolute atomic E-state index is 0.146. The molecule has 1 heterocycles. The SMILES string of the molecule is COc1cc(Nc2nc(N)c(C(=O)c3ccc(OC)c(OC)c3)s2)cc(OC)c1. The number of carbonyl (C=O) groups excluding carboxylic acids is 1. The first-order chi connectivity index (χ1) is 14.0. The molecule has 0 spiro atoms. The van der Waals surface area contributed by atoms with E-state index in [9.17, 15) is 4.79 Å². The minimum atomic E-state index is -0.253. The number of anilines is 3. The first kappa shape index (κ1) is 20.3. The van der Waals surface area contributed by atoms with Gasteiger partial charge in [-0.25, -0.2) is 4.98 Å². The quantitative estimate of drug-likeness (QED) is 0.536. The average molecular weight is 415 g/mol. The average Bonchev–Trinajstić information content (AvgIpc) is 3.11. The number of benzene rings is 2. The maximum Gasteiger partial charge on any atom is 0.206 e. The lowest BCUT2D eigenvalue weighted by Gasteiger charge is -2.09. The third-order valence-electron chi connectivity index (χ3n) is 4.11. The molecule has 3 N–H and O–H groups in total. The van der Waals surface area contributed by atoms with Gasteiger partial charge in [0.05, 0.1) is 28.4 Å². The highest BCUT2D eigenvalue weighted by molar-refractivity contribution is 7.18. The van der Waals surface area contributed by atoms with Crippen molar-refractivity contribution in [3.63, 3.8) is 0 Å². The Balaban J connectivity index is 1.88. The number of hydrogen-bond donors (Lipinski definition) is 2. The Labute approximate surface area is 172 Å². The molecule has 3 rings (SSSR count). The summed E-state index contributed by atoms with van der Waals surface area (Å²) in [6.07, 6.45) is 0. The number of nitrogens with two attached hydrogens (primary N) is 1. The van der Waals surface area contributed by atoms with Crippen molar-refractivity contribution in [1.29, 1.82) is 0 Å². The number of methoxy groups -OCH3 is 4. The highest BCUT2D eigenvalue weighted by atomic mass is 32.1. The van der Waals surface area contributed by atoms with Crippen LogP contribution in [0.25, 0.3) is 0 Å². The van der Waals surface area contributed by atoms with E-state index in [-0.39, 0.29) is 11.6 Å². The zero-order chi connectivity index (χ0) is 21.0. The molecule has 0 bridgehead atoms. The molecule has 0 fully saturated rings. The molecular weight excluding hydrogens is 394 g/mol. The summed E-state index contributed by atoms with van der Waals surface area (Å²) in [6.45, 7) is 0. The molecule has 29 heavy (non-hydrogen) atoms. The van der Waals surface area contributed by atoms with Gasteiger partial charge in [0.15, 0.2) is 16.6 Å². The zero-order valence-electron chi connectivity index (χ0n) is 16.4. The Hall–Kier alpha value is -3.46. The first-order valence-corrected chi connectivity index (χ1v) is 9.33. The number of ether oxygens (including phenoxy) is 4. The van der Waals surface area contributed by atoms with Gasteiger partial charge in [-0.05, 0) is 18.2 Å². The van der Waals surface area contributed by atoms with Gasteiger partial charge in [-0.2, -0.15) is 0 Å². The number of nitrogen functional groups attached to an aromatic ring is 1. The van der Waals surface area contributed by atoms with E-state index in [1.54, 1.807) is 50.6 Å². The highest BCUT2D eigenvalue weighted by Crippen LogP contribution is 2.34. The van der Waals surface area contributed by atoms with E-state index in [2.05, 4.69) is 10.3 Å². The number of nitrogens with zero attached hydrogens (tertiary/aromatic N) is 1. The molecule has 0 atom stereocenters.